The highest BCUT2D eigenvalue weighted by Gasteiger charge is 2.07. The number of nitrogens with zero attached hydrogens (tertiary/aromatic N) is 1. The maximum absolute atomic E-state index is 5.06. The van der Waals surface area contributed by atoms with Gasteiger partial charge in [0.05, 0.1) is 0 Å². The highest BCUT2D eigenvalue weighted by molar-refractivity contribution is 6.67. The summed E-state index contributed by atoms with van der Waals surface area (Å²) < 4.78 is -1.08. The molecular weight excluding hydrogens is 206 g/mol. The Labute approximate surface area is 80.9 Å². The van der Waals surface area contributed by atoms with E-state index >= 15 is 0 Å². The highest BCUT2D eigenvalue weighted by atomic mass is 35.6. The van der Waals surface area contributed by atoms with Gasteiger partial charge in [-0.15, -0.1) is 0 Å². The largest absolute Gasteiger partial charge is 0.349 e. The average Bonchev–Trinajstić information content (AvgIpc) is 2.12. The smallest absolute Gasteiger partial charge is 0.187 e. The number of nitrogens with one attached hydrogen (secondary N) is 1. The molecule has 1 N–H and O–H groups in total. The van der Waals surface area contributed by atoms with Gasteiger partial charge in [0.1, 0.15) is 5.82 Å². The summed E-state index contributed by atoms with van der Waals surface area (Å²) in [7, 11) is 0. The van der Waals surface area contributed by atoms with Crippen LogP contribution in [0.1, 0.15) is 12.7 Å². The van der Waals surface area contributed by atoms with E-state index in [2.05, 4.69) is 9.97 Å². The Hall–Kier alpha value is 0.0800. The molecule has 0 radical (unpaired) electrons. The van der Waals surface area contributed by atoms with E-state index in [1.165, 1.54) is 6.92 Å². The first-order valence-electron chi connectivity index (χ1n) is 2.92. The first kappa shape index (κ1) is 11.1. The van der Waals surface area contributed by atoms with Crippen molar-refractivity contribution in [3.63, 3.8) is 0 Å². The SMILES string of the molecule is CC(Cl)(Cl)Cl.Cc1ncc[nH]1. The van der Waals surface area contributed by atoms with Crippen molar-refractivity contribution in [1.82, 2.24) is 9.97 Å². The quantitative estimate of drug-likeness (QED) is 0.662. The number of alkyl halides is 3. The van der Waals surface area contributed by atoms with Gasteiger partial charge in [-0.25, -0.2) is 4.98 Å². The lowest BCUT2D eigenvalue weighted by atomic mass is 10.8. The van der Waals surface area contributed by atoms with E-state index in [9.17, 15) is 0 Å². The molecule has 0 atom stereocenters. The fourth-order valence-electron chi connectivity index (χ4n) is 0.344. The first-order valence-corrected chi connectivity index (χ1v) is 4.05. The van der Waals surface area contributed by atoms with Gasteiger partial charge >= 0.3 is 0 Å². The van der Waals surface area contributed by atoms with E-state index in [0.717, 1.165) is 5.82 Å². The number of aromatic nitrogens is 2. The summed E-state index contributed by atoms with van der Waals surface area (Å²) in [6.07, 6.45) is 3.53. The summed E-state index contributed by atoms with van der Waals surface area (Å²) in [6, 6.07) is 0. The lowest BCUT2D eigenvalue weighted by molar-refractivity contribution is 1.15. The zero-order chi connectivity index (χ0) is 8.91. The molecule has 0 fully saturated rings. The lowest BCUT2D eigenvalue weighted by Gasteiger charge is -1.94. The van der Waals surface area contributed by atoms with Crippen molar-refractivity contribution in [3.8, 4) is 0 Å². The summed E-state index contributed by atoms with van der Waals surface area (Å²) in [5, 5.41) is 0. The van der Waals surface area contributed by atoms with Crippen LogP contribution in [-0.2, 0) is 0 Å². The third kappa shape index (κ3) is 13.1. The van der Waals surface area contributed by atoms with Gasteiger partial charge in [0.2, 0.25) is 0 Å². The number of hydrogen-bond acceptors (Lipinski definition) is 1. The highest BCUT2D eigenvalue weighted by Crippen LogP contribution is 2.23. The Bertz CT molecular complexity index is 172. The number of rotatable bonds is 0. The van der Waals surface area contributed by atoms with Crippen molar-refractivity contribution in [2.75, 3.05) is 0 Å². The Morgan fingerprint density at radius 3 is 2.00 bits per heavy atom. The second kappa shape index (κ2) is 4.86. The number of aryl methyl sites for hydroxylation is 1. The van der Waals surface area contributed by atoms with Crippen molar-refractivity contribution in [3.05, 3.63) is 18.2 Å². The monoisotopic (exact) mass is 214 g/mol. The second-order valence-electron chi connectivity index (χ2n) is 1.96. The Kier molecular flexibility index (Phi) is 4.89. The summed E-state index contributed by atoms with van der Waals surface area (Å²) in [5.74, 6) is 0.968. The molecule has 11 heavy (non-hydrogen) atoms. The van der Waals surface area contributed by atoms with Crippen LogP contribution in [0.3, 0.4) is 0 Å². The molecule has 1 aromatic heterocycles. The number of hydrogen-bond donors (Lipinski definition) is 1. The number of halogens is 3. The lowest BCUT2D eigenvalue weighted by Crippen LogP contribution is -1.87. The molecule has 0 aromatic carbocycles. The third-order valence-electron chi connectivity index (χ3n) is 0.635. The fourth-order valence-corrected chi connectivity index (χ4v) is 0.344. The van der Waals surface area contributed by atoms with Gasteiger partial charge in [0.25, 0.3) is 0 Å². The molecule has 0 aliphatic heterocycles. The van der Waals surface area contributed by atoms with Crippen LogP contribution in [0.4, 0.5) is 0 Å². The third-order valence-corrected chi connectivity index (χ3v) is 0.635. The minimum atomic E-state index is -1.08. The zero-order valence-corrected chi connectivity index (χ0v) is 8.50. The van der Waals surface area contributed by atoms with E-state index < -0.39 is 3.79 Å². The topological polar surface area (TPSA) is 28.7 Å². The van der Waals surface area contributed by atoms with Crippen LogP contribution in [0.15, 0.2) is 12.4 Å². The van der Waals surface area contributed by atoms with Crippen LogP contribution in [0.5, 0.6) is 0 Å². The van der Waals surface area contributed by atoms with Gasteiger partial charge in [-0.1, -0.05) is 34.8 Å². The standard InChI is InChI=1S/C4H6N2.C2H3Cl3/c1-4-5-2-3-6-4;1-2(3,4)5/h2-3H,1H3,(H,5,6);1H3. The van der Waals surface area contributed by atoms with Crippen LogP contribution >= 0.6 is 34.8 Å². The Morgan fingerprint density at radius 1 is 1.45 bits per heavy atom. The van der Waals surface area contributed by atoms with Gasteiger partial charge < -0.3 is 4.98 Å². The number of H-pyrrole nitrogens is 1. The van der Waals surface area contributed by atoms with Crippen molar-refractivity contribution in [1.29, 1.82) is 0 Å². The average molecular weight is 216 g/mol. The van der Waals surface area contributed by atoms with Crippen LogP contribution in [0, 0.1) is 6.92 Å². The molecule has 0 amide bonds. The van der Waals surface area contributed by atoms with Gasteiger partial charge in [-0.3, -0.25) is 0 Å². The van der Waals surface area contributed by atoms with E-state index in [1.807, 2.05) is 6.92 Å². The number of imidazole rings is 1. The molecule has 1 aromatic rings. The van der Waals surface area contributed by atoms with Crippen LogP contribution in [0.25, 0.3) is 0 Å². The molecule has 1 heterocycles. The van der Waals surface area contributed by atoms with Crippen LogP contribution < -0.4 is 0 Å². The van der Waals surface area contributed by atoms with Crippen LogP contribution in [0.2, 0.25) is 0 Å². The summed E-state index contributed by atoms with van der Waals surface area (Å²) in [4.78, 5) is 6.75. The molecule has 0 spiro atoms. The molecule has 2 nitrogen and oxygen atoms in total. The zero-order valence-electron chi connectivity index (χ0n) is 6.24. The van der Waals surface area contributed by atoms with E-state index in [0.29, 0.717) is 0 Å². The minimum Gasteiger partial charge on any atom is -0.349 e. The molecule has 0 bridgehead atoms. The molecule has 0 saturated heterocycles. The minimum absolute atomic E-state index is 0.968. The van der Waals surface area contributed by atoms with E-state index in [-0.39, 0.29) is 0 Å². The van der Waals surface area contributed by atoms with Crippen molar-refractivity contribution < 1.29 is 0 Å². The second-order valence-corrected chi connectivity index (χ2v) is 4.80. The van der Waals surface area contributed by atoms with Gasteiger partial charge in [0.15, 0.2) is 3.79 Å². The fraction of sp³-hybridized carbons (Fsp3) is 0.500. The predicted molar refractivity (Wildman–Crippen MR) is 49.3 cm³/mol. The molecule has 0 aliphatic rings. The van der Waals surface area contributed by atoms with Crippen molar-refractivity contribution in [2.24, 2.45) is 0 Å². The molecule has 1 rings (SSSR count). The molecule has 0 saturated carbocycles. The van der Waals surface area contributed by atoms with Gasteiger partial charge in [-0.05, 0) is 13.8 Å². The maximum Gasteiger partial charge on any atom is 0.187 e. The summed E-state index contributed by atoms with van der Waals surface area (Å²) in [5.41, 5.74) is 0. The van der Waals surface area contributed by atoms with E-state index in [1.54, 1.807) is 12.4 Å². The van der Waals surface area contributed by atoms with Gasteiger partial charge in [0, 0.05) is 12.4 Å². The molecular formula is C6H9Cl3N2. The predicted octanol–water partition coefficient (Wildman–Crippen LogP) is 3.09. The normalized spacial score (nSPS) is 10.3. The maximum atomic E-state index is 5.06. The Balaban J connectivity index is 0.000000187. The van der Waals surface area contributed by atoms with Crippen molar-refractivity contribution in [2.45, 2.75) is 17.6 Å². The molecule has 64 valence electrons. The summed E-state index contributed by atoms with van der Waals surface area (Å²) in [6.45, 7) is 3.40. The van der Waals surface area contributed by atoms with Crippen LogP contribution in [-0.4, -0.2) is 13.8 Å². The molecule has 5 heteroatoms. The molecule has 0 aliphatic carbocycles. The van der Waals surface area contributed by atoms with Gasteiger partial charge in [-0.2, -0.15) is 0 Å². The molecule has 0 unspecified atom stereocenters. The number of aromatic amines is 1. The summed E-state index contributed by atoms with van der Waals surface area (Å²) >= 11 is 15.2. The van der Waals surface area contributed by atoms with E-state index in [4.69, 9.17) is 34.8 Å². The van der Waals surface area contributed by atoms with Crippen molar-refractivity contribution >= 4 is 34.8 Å². The Morgan fingerprint density at radius 2 is 1.91 bits per heavy atom. The first-order chi connectivity index (χ1) is 4.89.